The number of rotatable bonds is 4. The van der Waals surface area contributed by atoms with Crippen molar-refractivity contribution >= 4 is 5.78 Å². The first-order valence-corrected chi connectivity index (χ1v) is 5.53. The van der Waals surface area contributed by atoms with Gasteiger partial charge in [0.15, 0.2) is 5.78 Å². The van der Waals surface area contributed by atoms with Gasteiger partial charge in [-0.2, -0.15) is 0 Å². The molecule has 0 aliphatic heterocycles. The van der Waals surface area contributed by atoms with E-state index in [4.69, 9.17) is 4.74 Å². The number of carbonyl (C=O) groups is 1. The van der Waals surface area contributed by atoms with Crippen molar-refractivity contribution in [2.24, 2.45) is 0 Å². The molecule has 0 saturated carbocycles. The fourth-order valence-electron chi connectivity index (χ4n) is 1.56. The lowest BCUT2D eigenvalue weighted by atomic mass is 10.1. The Morgan fingerprint density at radius 2 is 1.53 bits per heavy atom. The normalized spacial score (nSPS) is 9.94. The van der Waals surface area contributed by atoms with Crippen molar-refractivity contribution in [1.82, 2.24) is 0 Å². The molecule has 0 bridgehead atoms. The van der Waals surface area contributed by atoms with Crippen molar-refractivity contribution in [3.8, 4) is 16.9 Å². The second kappa shape index (κ2) is 5.30. The van der Waals surface area contributed by atoms with E-state index in [-0.39, 0.29) is 12.4 Å². The number of ketones is 1. The summed E-state index contributed by atoms with van der Waals surface area (Å²) < 4.78 is 5.31. The molecule has 0 aliphatic rings. The summed E-state index contributed by atoms with van der Waals surface area (Å²) in [4.78, 5) is 10.8. The van der Waals surface area contributed by atoms with Gasteiger partial charge in [0.25, 0.3) is 0 Å². The maximum atomic E-state index is 10.8. The number of hydrogen-bond acceptors (Lipinski definition) is 2. The average molecular weight is 226 g/mol. The lowest BCUT2D eigenvalue weighted by molar-refractivity contribution is -0.118. The van der Waals surface area contributed by atoms with Gasteiger partial charge >= 0.3 is 0 Å². The topological polar surface area (TPSA) is 26.3 Å². The highest BCUT2D eigenvalue weighted by Crippen LogP contribution is 2.21. The van der Waals surface area contributed by atoms with Crippen molar-refractivity contribution in [1.29, 1.82) is 0 Å². The highest BCUT2D eigenvalue weighted by molar-refractivity contribution is 5.77. The second-order valence-corrected chi connectivity index (χ2v) is 3.88. The molecule has 0 amide bonds. The Hall–Kier alpha value is -2.09. The molecule has 0 saturated heterocycles. The fraction of sp³-hybridized carbons (Fsp3) is 0.133. The largest absolute Gasteiger partial charge is 0.486 e. The van der Waals surface area contributed by atoms with Gasteiger partial charge in [-0.25, -0.2) is 0 Å². The summed E-state index contributed by atoms with van der Waals surface area (Å²) in [5.41, 5.74) is 2.31. The van der Waals surface area contributed by atoms with Crippen LogP contribution >= 0.6 is 0 Å². The Balaban J connectivity index is 2.11. The zero-order valence-corrected chi connectivity index (χ0v) is 9.72. The van der Waals surface area contributed by atoms with Gasteiger partial charge in [0.1, 0.15) is 12.4 Å². The molecule has 0 aromatic heterocycles. The van der Waals surface area contributed by atoms with E-state index in [1.165, 1.54) is 12.5 Å². The molecule has 0 heterocycles. The molecule has 2 nitrogen and oxygen atoms in total. The maximum absolute atomic E-state index is 10.8. The van der Waals surface area contributed by atoms with E-state index in [1.54, 1.807) is 0 Å². The molecule has 2 heteroatoms. The first kappa shape index (κ1) is 11.4. The third-order valence-electron chi connectivity index (χ3n) is 2.40. The molecule has 0 spiro atoms. The minimum absolute atomic E-state index is 0.0251. The van der Waals surface area contributed by atoms with Gasteiger partial charge in [-0.05, 0) is 30.2 Å². The third kappa shape index (κ3) is 3.18. The van der Waals surface area contributed by atoms with Crippen LogP contribution in [0.5, 0.6) is 5.75 Å². The van der Waals surface area contributed by atoms with Gasteiger partial charge in [0.2, 0.25) is 0 Å². The molecule has 86 valence electrons. The van der Waals surface area contributed by atoms with Crippen LogP contribution in [0.2, 0.25) is 0 Å². The summed E-state index contributed by atoms with van der Waals surface area (Å²) in [5.74, 6) is 0.747. The minimum Gasteiger partial charge on any atom is -0.486 e. The Morgan fingerprint density at radius 3 is 2.12 bits per heavy atom. The number of ether oxygens (including phenoxy) is 1. The molecule has 0 atom stereocenters. The zero-order valence-electron chi connectivity index (χ0n) is 9.72. The van der Waals surface area contributed by atoms with Crippen molar-refractivity contribution in [3.05, 3.63) is 54.6 Å². The number of Topliss-reactive ketones (excluding diaryl/α,β-unsaturated/α-hetero) is 1. The molecule has 2 aromatic rings. The molecule has 2 aromatic carbocycles. The predicted molar refractivity (Wildman–Crippen MR) is 68.1 cm³/mol. The molecular formula is C15H14O2. The fourth-order valence-corrected chi connectivity index (χ4v) is 1.56. The van der Waals surface area contributed by atoms with Crippen LogP contribution < -0.4 is 4.74 Å². The second-order valence-electron chi connectivity index (χ2n) is 3.88. The van der Waals surface area contributed by atoms with Crippen molar-refractivity contribution < 1.29 is 9.53 Å². The van der Waals surface area contributed by atoms with Gasteiger partial charge < -0.3 is 4.74 Å². The van der Waals surface area contributed by atoms with E-state index in [0.29, 0.717) is 0 Å². The lowest BCUT2D eigenvalue weighted by Gasteiger charge is -2.05. The highest BCUT2D eigenvalue weighted by Gasteiger charge is 1.99. The SMILES string of the molecule is CC(=O)COc1ccc(-c2ccccc2)cc1. The van der Waals surface area contributed by atoms with Crippen LogP contribution in [-0.4, -0.2) is 12.4 Å². The van der Waals surface area contributed by atoms with Crippen LogP contribution in [0.1, 0.15) is 6.92 Å². The highest BCUT2D eigenvalue weighted by atomic mass is 16.5. The first-order valence-electron chi connectivity index (χ1n) is 5.53. The maximum Gasteiger partial charge on any atom is 0.167 e. The van der Waals surface area contributed by atoms with Gasteiger partial charge in [0.05, 0.1) is 0 Å². The van der Waals surface area contributed by atoms with Crippen LogP contribution in [0.15, 0.2) is 54.6 Å². The van der Waals surface area contributed by atoms with E-state index in [1.807, 2.05) is 42.5 Å². The Morgan fingerprint density at radius 1 is 0.941 bits per heavy atom. The van der Waals surface area contributed by atoms with Crippen molar-refractivity contribution in [2.45, 2.75) is 6.92 Å². The molecule has 2 rings (SSSR count). The quantitative estimate of drug-likeness (QED) is 0.799. The minimum atomic E-state index is 0.0251. The first-order chi connectivity index (χ1) is 8.25. The molecule has 0 unspecified atom stereocenters. The van der Waals surface area contributed by atoms with Gasteiger partial charge in [-0.15, -0.1) is 0 Å². The Bertz CT molecular complexity index is 486. The molecular weight excluding hydrogens is 212 g/mol. The Kier molecular flexibility index (Phi) is 3.55. The summed E-state index contributed by atoms with van der Waals surface area (Å²) in [5, 5.41) is 0. The number of hydrogen-bond donors (Lipinski definition) is 0. The molecule has 0 N–H and O–H groups in total. The van der Waals surface area contributed by atoms with Crippen LogP contribution in [0, 0.1) is 0 Å². The van der Waals surface area contributed by atoms with Crippen molar-refractivity contribution in [2.75, 3.05) is 6.61 Å². The lowest BCUT2D eigenvalue weighted by Crippen LogP contribution is -2.06. The van der Waals surface area contributed by atoms with Gasteiger partial charge in [-0.1, -0.05) is 42.5 Å². The smallest absolute Gasteiger partial charge is 0.167 e. The number of carbonyl (C=O) groups excluding carboxylic acids is 1. The molecule has 0 radical (unpaired) electrons. The van der Waals surface area contributed by atoms with Crippen LogP contribution in [0.4, 0.5) is 0 Å². The number of benzene rings is 2. The average Bonchev–Trinajstić information content (AvgIpc) is 2.38. The summed E-state index contributed by atoms with van der Waals surface area (Å²) in [7, 11) is 0. The molecule has 0 aliphatic carbocycles. The Labute approximate surface area is 101 Å². The van der Waals surface area contributed by atoms with Gasteiger partial charge in [-0.3, -0.25) is 4.79 Å². The summed E-state index contributed by atoms with van der Waals surface area (Å²) in [6.07, 6.45) is 0. The summed E-state index contributed by atoms with van der Waals surface area (Å²) in [6, 6.07) is 17.9. The molecule has 0 fully saturated rings. The molecule has 17 heavy (non-hydrogen) atoms. The predicted octanol–water partition coefficient (Wildman–Crippen LogP) is 3.32. The summed E-state index contributed by atoms with van der Waals surface area (Å²) in [6.45, 7) is 1.64. The van der Waals surface area contributed by atoms with E-state index >= 15 is 0 Å². The third-order valence-corrected chi connectivity index (χ3v) is 2.40. The summed E-state index contributed by atoms with van der Waals surface area (Å²) >= 11 is 0. The zero-order chi connectivity index (χ0) is 12.1. The monoisotopic (exact) mass is 226 g/mol. The van der Waals surface area contributed by atoms with Crippen LogP contribution in [-0.2, 0) is 4.79 Å². The van der Waals surface area contributed by atoms with Crippen molar-refractivity contribution in [3.63, 3.8) is 0 Å². The van der Waals surface area contributed by atoms with Crippen LogP contribution in [0.25, 0.3) is 11.1 Å². The van der Waals surface area contributed by atoms with E-state index in [9.17, 15) is 4.79 Å². The van der Waals surface area contributed by atoms with Crippen LogP contribution in [0.3, 0.4) is 0 Å². The van der Waals surface area contributed by atoms with E-state index in [2.05, 4.69) is 12.1 Å². The van der Waals surface area contributed by atoms with E-state index < -0.39 is 0 Å². The standard InChI is InChI=1S/C15H14O2/c1-12(16)11-17-15-9-7-14(8-10-15)13-5-3-2-4-6-13/h2-10H,11H2,1H3. The van der Waals surface area contributed by atoms with Gasteiger partial charge in [0, 0.05) is 0 Å². The van der Waals surface area contributed by atoms with E-state index in [0.717, 1.165) is 11.3 Å².